The molecule has 0 fully saturated rings. The molecule has 0 aromatic heterocycles. The van der Waals surface area contributed by atoms with Gasteiger partial charge < -0.3 is 10.1 Å². The minimum Gasteiger partial charge on any atom is -0.410 e. The summed E-state index contributed by atoms with van der Waals surface area (Å²) >= 11 is 0. The van der Waals surface area contributed by atoms with Gasteiger partial charge in [-0.15, -0.1) is 0 Å². The molecule has 150 valence electrons. The number of ether oxygens (including phenoxy) is 1. The van der Waals surface area contributed by atoms with Gasteiger partial charge in [-0.25, -0.2) is 9.18 Å². The van der Waals surface area contributed by atoms with Gasteiger partial charge in [0.15, 0.2) is 0 Å². The van der Waals surface area contributed by atoms with Crippen molar-refractivity contribution in [2.75, 3.05) is 6.54 Å². The van der Waals surface area contributed by atoms with Gasteiger partial charge in [-0.05, 0) is 31.0 Å². The molecule has 0 spiro atoms. The second kappa shape index (κ2) is 10.6. The largest absolute Gasteiger partial charge is 0.412 e. The minimum absolute atomic E-state index is 0.0218. The van der Waals surface area contributed by atoms with Crippen molar-refractivity contribution in [1.82, 2.24) is 5.32 Å². The highest BCUT2D eigenvalue weighted by molar-refractivity contribution is 5.83. The zero-order valence-corrected chi connectivity index (χ0v) is 16.8. The molecule has 0 bridgehead atoms. The van der Waals surface area contributed by atoms with Gasteiger partial charge in [0.2, 0.25) is 0 Å². The highest BCUT2D eigenvalue weighted by atomic mass is 19.1. The molecule has 2 aromatic carbocycles. The monoisotopic (exact) mass is 385 g/mol. The summed E-state index contributed by atoms with van der Waals surface area (Å²) in [6.07, 6.45) is 3.68. The molecule has 1 atom stereocenters. The number of halogens is 1. The zero-order valence-electron chi connectivity index (χ0n) is 16.8. The van der Waals surface area contributed by atoms with E-state index in [0.29, 0.717) is 29.0 Å². The van der Waals surface area contributed by atoms with Gasteiger partial charge in [-0.3, -0.25) is 4.79 Å². The molecular formula is C23H28FNO3. The molecule has 5 heteroatoms. The van der Waals surface area contributed by atoms with Crippen LogP contribution < -0.4 is 10.1 Å². The van der Waals surface area contributed by atoms with E-state index in [-0.39, 0.29) is 11.7 Å². The van der Waals surface area contributed by atoms with Crippen molar-refractivity contribution in [2.45, 2.75) is 52.4 Å². The Hall–Kier alpha value is -2.69. The number of ketones is 1. The molecule has 0 aliphatic carbocycles. The van der Waals surface area contributed by atoms with Crippen LogP contribution in [0.5, 0.6) is 5.75 Å². The van der Waals surface area contributed by atoms with E-state index in [1.54, 1.807) is 43.3 Å². The molecule has 0 heterocycles. The Kier molecular flexibility index (Phi) is 8.18. The molecule has 2 rings (SSSR count). The van der Waals surface area contributed by atoms with E-state index in [2.05, 4.69) is 12.2 Å². The minimum atomic E-state index is -0.550. The summed E-state index contributed by atoms with van der Waals surface area (Å²) in [7, 11) is 0. The number of hydrogen-bond acceptors (Lipinski definition) is 3. The number of hydrogen-bond donors (Lipinski definition) is 1. The SMILES string of the molecule is CCCCCCNC(=O)Oc1ccccc1-c1ccc(C(C)C(C)=O)cc1F. The van der Waals surface area contributed by atoms with Crippen molar-refractivity contribution in [1.29, 1.82) is 0 Å². The number of nitrogens with one attached hydrogen (secondary N) is 1. The fourth-order valence-corrected chi connectivity index (χ4v) is 2.91. The maximum Gasteiger partial charge on any atom is 0.412 e. The summed E-state index contributed by atoms with van der Waals surface area (Å²) < 4.78 is 20.1. The Labute approximate surface area is 166 Å². The quantitative estimate of drug-likeness (QED) is 0.551. The van der Waals surface area contributed by atoms with Crippen molar-refractivity contribution < 1.29 is 18.7 Å². The number of unbranched alkanes of at least 4 members (excludes halogenated alkanes) is 3. The number of carbonyl (C=O) groups is 2. The number of amides is 1. The second-order valence-electron chi connectivity index (χ2n) is 6.94. The predicted octanol–water partition coefficient (Wildman–Crippen LogP) is 5.85. The molecule has 0 aliphatic heterocycles. The standard InChI is InChI=1S/C23H28FNO3/c1-4-5-6-9-14-25-23(27)28-22-11-8-7-10-20(22)19-13-12-18(15-21(19)24)16(2)17(3)26/h7-8,10-13,15-16H,4-6,9,14H2,1-3H3,(H,25,27). The first-order chi connectivity index (χ1) is 13.4. The van der Waals surface area contributed by atoms with Crippen LogP contribution >= 0.6 is 0 Å². The Morgan fingerprint density at radius 1 is 1.07 bits per heavy atom. The second-order valence-corrected chi connectivity index (χ2v) is 6.94. The lowest BCUT2D eigenvalue weighted by Gasteiger charge is -2.14. The molecule has 1 amide bonds. The number of para-hydroxylation sites is 1. The van der Waals surface area contributed by atoms with Gasteiger partial charge in [0, 0.05) is 23.6 Å². The van der Waals surface area contributed by atoms with Crippen molar-refractivity contribution in [3.8, 4) is 16.9 Å². The van der Waals surface area contributed by atoms with Gasteiger partial charge in [0.05, 0.1) is 0 Å². The molecule has 2 aromatic rings. The smallest absolute Gasteiger partial charge is 0.410 e. The average molecular weight is 385 g/mol. The molecule has 0 radical (unpaired) electrons. The maximum absolute atomic E-state index is 14.7. The molecule has 0 aliphatic rings. The van der Waals surface area contributed by atoms with Crippen molar-refractivity contribution >= 4 is 11.9 Å². The molecule has 1 unspecified atom stereocenters. The third-order valence-electron chi connectivity index (χ3n) is 4.78. The van der Waals surface area contributed by atoms with Crippen LogP contribution in [0.4, 0.5) is 9.18 Å². The van der Waals surface area contributed by atoms with Crippen LogP contribution in [0.25, 0.3) is 11.1 Å². The first kappa shape index (κ1) is 21.6. The zero-order chi connectivity index (χ0) is 20.5. The number of rotatable bonds is 9. The number of Topliss-reactive ketones (excluding diaryl/α,β-unsaturated/α-hetero) is 1. The van der Waals surface area contributed by atoms with Gasteiger partial charge >= 0.3 is 6.09 Å². The Balaban J connectivity index is 2.13. The van der Waals surface area contributed by atoms with Gasteiger partial charge in [0.25, 0.3) is 0 Å². The van der Waals surface area contributed by atoms with Crippen molar-refractivity contribution in [2.24, 2.45) is 0 Å². The summed E-state index contributed by atoms with van der Waals surface area (Å²) in [5.41, 5.74) is 1.44. The number of benzene rings is 2. The third kappa shape index (κ3) is 5.91. The Morgan fingerprint density at radius 2 is 1.82 bits per heavy atom. The number of carbonyl (C=O) groups excluding carboxylic acids is 2. The normalized spacial score (nSPS) is 11.7. The van der Waals surface area contributed by atoms with E-state index in [1.165, 1.54) is 13.0 Å². The summed E-state index contributed by atoms with van der Waals surface area (Å²) in [5.74, 6) is -0.554. The van der Waals surface area contributed by atoms with Crippen LogP contribution in [0.2, 0.25) is 0 Å². The lowest BCUT2D eigenvalue weighted by molar-refractivity contribution is -0.118. The van der Waals surface area contributed by atoms with Crippen LogP contribution in [-0.2, 0) is 4.79 Å². The molecule has 28 heavy (non-hydrogen) atoms. The van der Waals surface area contributed by atoms with Gasteiger partial charge in [-0.2, -0.15) is 0 Å². The van der Waals surface area contributed by atoms with Crippen LogP contribution in [-0.4, -0.2) is 18.4 Å². The topological polar surface area (TPSA) is 55.4 Å². The van der Waals surface area contributed by atoms with Gasteiger partial charge in [0.1, 0.15) is 17.3 Å². The fourth-order valence-electron chi connectivity index (χ4n) is 2.91. The lowest BCUT2D eigenvalue weighted by atomic mass is 9.94. The lowest BCUT2D eigenvalue weighted by Crippen LogP contribution is -2.27. The van der Waals surface area contributed by atoms with E-state index in [9.17, 15) is 14.0 Å². The van der Waals surface area contributed by atoms with Crippen LogP contribution in [0, 0.1) is 5.82 Å². The van der Waals surface area contributed by atoms with E-state index in [4.69, 9.17) is 4.74 Å². The van der Waals surface area contributed by atoms with E-state index in [1.807, 2.05) is 0 Å². The first-order valence-corrected chi connectivity index (χ1v) is 9.79. The highest BCUT2D eigenvalue weighted by Crippen LogP contribution is 2.33. The van der Waals surface area contributed by atoms with E-state index in [0.717, 1.165) is 25.7 Å². The van der Waals surface area contributed by atoms with E-state index < -0.39 is 11.9 Å². The molecule has 0 saturated carbocycles. The van der Waals surface area contributed by atoms with Crippen LogP contribution in [0.15, 0.2) is 42.5 Å². The summed E-state index contributed by atoms with van der Waals surface area (Å²) in [5, 5.41) is 2.73. The average Bonchev–Trinajstić information content (AvgIpc) is 2.67. The molecule has 4 nitrogen and oxygen atoms in total. The molecule has 0 saturated heterocycles. The molecular weight excluding hydrogens is 357 g/mol. The maximum atomic E-state index is 14.7. The Morgan fingerprint density at radius 3 is 2.50 bits per heavy atom. The van der Waals surface area contributed by atoms with Gasteiger partial charge in [-0.1, -0.05) is 63.4 Å². The first-order valence-electron chi connectivity index (χ1n) is 9.79. The van der Waals surface area contributed by atoms with Crippen molar-refractivity contribution in [3.05, 3.63) is 53.8 Å². The summed E-state index contributed by atoms with van der Waals surface area (Å²) in [6, 6.07) is 11.6. The Bertz CT molecular complexity index is 819. The molecule has 1 N–H and O–H groups in total. The van der Waals surface area contributed by atoms with Crippen molar-refractivity contribution in [3.63, 3.8) is 0 Å². The summed E-state index contributed by atoms with van der Waals surface area (Å²) in [4.78, 5) is 23.6. The summed E-state index contributed by atoms with van der Waals surface area (Å²) in [6.45, 7) is 5.91. The van der Waals surface area contributed by atoms with Crippen LogP contribution in [0.1, 0.15) is 57.9 Å². The predicted molar refractivity (Wildman–Crippen MR) is 109 cm³/mol. The van der Waals surface area contributed by atoms with Crippen LogP contribution in [0.3, 0.4) is 0 Å². The third-order valence-corrected chi connectivity index (χ3v) is 4.78. The fraction of sp³-hybridized carbons (Fsp3) is 0.391. The van der Waals surface area contributed by atoms with E-state index >= 15 is 0 Å². The highest BCUT2D eigenvalue weighted by Gasteiger charge is 2.17.